The maximum absolute atomic E-state index is 11.8. The first-order valence-electron chi connectivity index (χ1n) is 8.64. The minimum Gasteiger partial charge on any atom is -0.497 e. The lowest BCUT2D eigenvalue weighted by atomic mass is 10.1. The maximum Gasteiger partial charge on any atom is 0.331 e. The Bertz CT molecular complexity index is 808. The van der Waals surface area contributed by atoms with E-state index < -0.39 is 5.97 Å². The lowest BCUT2D eigenvalue weighted by Crippen LogP contribution is -2.30. The predicted molar refractivity (Wildman–Crippen MR) is 110 cm³/mol. The zero-order valence-corrected chi connectivity index (χ0v) is 16.7. The van der Waals surface area contributed by atoms with Crippen molar-refractivity contribution in [3.05, 3.63) is 60.2 Å². The van der Waals surface area contributed by atoms with E-state index in [1.54, 1.807) is 43.1 Å². The summed E-state index contributed by atoms with van der Waals surface area (Å²) >= 11 is 1.64. The second kappa shape index (κ2) is 11.7. The van der Waals surface area contributed by atoms with Crippen molar-refractivity contribution in [3.8, 4) is 11.5 Å². The van der Waals surface area contributed by atoms with E-state index in [1.807, 2.05) is 30.3 Å². The van der Waals surface area contributed by atoms with Crippen LogP contribution in [0.15, 0.2) is 59.5 Å². The highest BCUT2D eigenvalue weighted by molar-refractivity contribution is 7.99. The van der Waals surface area contributed by atoms with Crippen LogP contribution >= 0.6 is 11.8 Å². The highest BCUT2D eigenvalue weighted by Crippen LogP contribution is 2.25. The molecule has 7 heteroatoms. The number of carbonyl (C=O) groups is 2. The van der Waals surface area contributed by atoms with Crippen molar-refractivity contribution in [3.63, 3.8) is 0 Å². The van der Waals surface area contributed by atoms with E-state index in [0.717, 1.165) is 10.6 Å². The summed E-state index contributed by atoms with van der Waals surface area (Å²) in [7, 11) is 3.10. The number of hydrogen-bond donors (Lipinski definition) is 1. The highest BCUT2D eigenvalue weighted by Gasteiger charge is 2.06. The Kier molecular flexibility index (Phi) is 8.94. The van der Waals surface area contributed by atoms with Crippen molar-refractivity contribution < 1.29 is 23.8 Å². The fourth-order valence-corrected chi connectivity index (χ4v) is 3.03. The van der Waals surface area contributed by atoms with Gasteiger partial charge in [-0.3, -0.25) is 4.79 Å². The largest absolute Gasteiger partial charge is 0.497 e. The van der Waals surface area contributed by atoms with E-state index in [-0.39, 0.29) is 12.5 Å². The number of amides is 1. The van der Waals surface area contributed by atoms with Gasteiger partial charge in [0.2, 0.25) is 0 Å². The number of esters is 1. The number of nitrogens with one attached hydrogen (secondary N) is 1. The number of carbonyl (C=O) groups excluding carboxylic acids is 2. The Balaban J connectivity index is 1.71. The zero-order valence-electron chi connectivity index (χ0n) is 15.8. The summed E-state index contributed by atoms with van der Waals surface area (Å²) in [6, 6.07) is 15.2. The first-order valence-corrected chi connectivity index (χ1v) is 9.62. The van der Waals surface area contributed by atoms with Crippen LogP contribution < -0.4 is 14.8 Å². The maximum atomic E-state index is 11.8. The summed E-state index contributed by atoms with van der Waals surface area (Å²) in [6.45, 7) is 0.168. The van der Waals surface area contributed by atoms with Gasteiger partial charge < -0.3 is 19.5 Å². The van der Waals surface area contributed by atoms with Gasteiger partial charge in [0.05, 0.1) is 14.2 Å². The van der Waals surface area contributed by atoms with Gasteiger partial charge in [-0.15, -0.1) is 11.8 Å². The van der Waals surface area contributed by atoms with Gasteiger partial charge in [0.1, 0.15) is 11.5 Å². The van der Waals surface area contributed by atoms with Crippen LogP contribution in [0.5, 0.6) is 11.5 Å². The summed E-state index contributed by atoms with van der Waals surface area (Å²) in [5, 5.41) is 2.72. The van der Waals surface area contributed by atoms with Gasteiger partial charge in [-0.05, 0) is 36.4 Å². The molecule has 2 aromatic rings. The number of benzene rings is 2. The molecular formula is C21H23NO5S. The van der Waals surface area contributed by atoms with Crippen molar-refractivity contribution in [2.75, 3.05) is 33.1 Å². The van der Waals surface area contributed by atoms with E-state index in [9.17, 15) is 9.59 Å². The Morgan fingerprint density at radius 1 is 1.07 bits per heavy atom. The van der Waals surface area contributed by atoms with Crippen molar-refractivity contribution in [1.82, 2.24) is 5.32 Å². The normalized spacial score (nSPS) is 10.5. The molecule has 2 aromatic carbocycles. The Morgan fingerprint density at radius 2 is 1.86 bits per heavy atom. The van der Waals surface area contributed by atoms with E-state index in [4.69, 9.17) is 14.2 Å². The average Bonchev–Trinajstić information content (AvgIpc) is 2.74. The topological polar surface area (TPSA) is 73.9 Å². The third-order valence-electron chi connectivity index (χ3n) is 3.62. The van der Waals surface area contributed by atoms with Crippen LogP contribution in [0.1, 0.15) is 5.56 Å². The van der Waals surface area contributed by atoms with Gasteiger partial charge in [0.15, 0.2) is 6.61 Å². The molecular weight excluding hydrogens is 378 g/mol. The molecule has 0 bridgehead atoms. The molecule has 1 amide bonds. The minimum atomic E-state index is -0.612. The summed E-state index contributed by atoms with van der Waals surface area (Å²) < 4.78 is 15.3. The van der Waals surface area contributed by atoms with Gasteiger partial charge in [-0.2, -0.15) is 0 Å². The van der Waals surface area contributed by atoms with Crippen molar-refractivity contribution in [2.24, 2.45) is 0 Å². The van der Waals surface area contributed by atoms with Gasteiger partial charge in [0, 0.05) is 28.8 Å². The van der Waals surface area contributed by atoms with Crippen LogP contribution in [0.4, 0.5) is 0 Å². The molecule has 0 aliphatic carbocycles. The van der Waals surface area contributed by atoms with E-state index >= 15 is 0 Å². The molecule has 0 aliphatic heterocycles. The van der Waals surface area contributed by atoms with Gasteiger partial charge in [-0.1, -0.05) is 18.2 Å². The molecule has 0 spiro atoms. The fraction of sp³-hybridized carbons (Fsp3) is 0.238. The van der Waals surface area contributed by atoms with Crippen molar-refractivity contribution in [2.45, 2.75) is 4.90 Å². The standard InChI is InChI=1S/C21H23NO5S/c1-25-17-9-10-19(26-2)16(14-17)8-11-21(24)27-15-20(23)22-12-13-28-18-6-4-3-5-7-18/h3-11,14H,12-13,15H2,1-2H3,(H,22,23)/b11-8+. The quantitative estimate of drug-likeness (QED) is 0.285. The van der Waals surface area contributed by atoms with Crippen LogP contribution in [0, 0.1) is 0 Å². The van der Waals surface area contributed by atoms with Crippen LogP contribution in [0.3, 0.4) is 0 Å². The van der Waals surface area contributed by atoms with Crippen LogP contribution in [-0.2, 0) is 14.3 Å². The molecule has 148 valence electrons. The molecule has 0 saturated carbocycles. The molecule has 28 heavy (non-hydrogen) atoms. The van der Waals surface area contributed by atoms with Crippen molar-refractivity contribution >= 4 is 29.7 Å². The number of rotatable bonds is 10. The first-order chi connectivity index (χ1) is 13.6. The smallest absolute Gasteiger partial charge is 0.331 e. The number of methoxy groups -OCH3 is 2. The summed E-state index contributed by atoms with van der Waals surface area (Å²) in [5.41, 5.74) is 0.668. The predicted octanol–water partition coefficient (Wildman–Crippen LogP) is 3.17. The van der Waals surface area contributed by atoms with Gasteiger partial charge >= 0.3 is 5.97 Å². The highest BCUT2D eigenvalue weighted by atomic mass is 32.2. The molecule has 0 unspecified atom stereocenters. The lowest BCUT2D eigenvalue weighted by Gasteiger charge is -2.07. The Labute approximate surface area is 168 Å². The van der Waals surface area contributed by atoms with Crippen LogP contribution in [0.25, 0.3) is 6.08 Å². The van der Waals surface area contributed by atoms with E-state index in [2.05, 4.69) is 5.32 Å². The van der Waals surface area contributed by atoms with E-state index in [0.29, 0.717) is 23.6 Å². The zero-order chi connectivity index (χ0) is 20.2. The molecule has 6 nitrogen and oxygen atoms in total. The second-order valence-corrected chi connectivity index (χ2v) is 6.73. The fourth-order valence-electron chi connectivity index (χ4n) is 2.24. The monoisotopic (exact) mass is 401 g/mol. The third kappa shape index (κ3) is 7.36. The molecule has 0 fully saturated rings. The molecule has 0 radical (unpaired) electrons. The molecule has 0 saturated heterocycles. The van der Waals surface area contributed by atoms with Gasteiger partial charge in [0.25, 0.3) is 5.91 Å². The second-order valence-electron chi connectivity index (χ2n) is 5.56. The molecule has 1 N–H and O–H groups in total. The molecule has 2 rings (SSSR count). The molecule has 0 aromatic heterocycles. The van der Waals surface area contributed by atoms with Gasteiger partial charge in [-0.25, -0.2) is 4.79 Å². The Morgan fingerprint density at radius 3 is 2.57 bits per heavy atom. The first kappa shape index (κ1) is 21.4. The molecule has 0 heterocycles. The number of thioether (sulfide) groups is 1. The lowest BCUT2D eigenvalue weighted by molar-refractivity contribution is -0.143. The molecule has 0 atom stereocenters. The van der Waals surface area contributed by atoms with Crippen molar-refractivity contribution in [1.29, 1.82) is 0 Å². The summed E-state index contributed by atoms with van der Waals surface area (Å²) in [5.74, 6) is 1.02. The number of hydrogen-bond acceptors (Lipinski definition) is 6. The van der Waals surface area contributed by atoms with E-state index in [1.165, 1.54) is 13.2 Å². The summed E-state index contributed by atoms with van der Waals surface area (Å²) in [6.07, 6.45) is 2.80. The third-order valence-corrected chi connectivity index (χ3v) is 4.63. The number of ether oxygens (including phenoxy) is 3. The summed E-state index contributed by atoms with van der Waals surface area (Å²) in [4.78, 5) is 24.7. The Hall–Kier alpha value is -2.93. The molecule has 0 aliphatic rings. The van der Waals surface area contributed by atoms with Crippen LogP contribution in [0.2, 0.25) is 0 Å². The average molecular weight is 401 g/mol. The minimum absolute atomic E-state index is 0.325. The van der Waals surface area contributed by atoms with Crippen LogP contribution in [-0.4, -0.2) is 45.0 Å². The SMILES string of the molecule is COc1ccc(OC)c(/C=C/C(=O)OCC(=O)NCCSc2ccccc2)c1.